The van der Waals surface area contributed by atoms with Crippen molar-refractivity contribution < 1.29 is 14.4 Å². The molecule has 0 aliphatic heterocycles. The van der Waals surface area contributed by atoms with E-state index >= 15 is 0 Å². The third-order valence-corrected chi connectivity index (χ3v) is 5.06. The molecule has 7 heteroatoms. The van der Waals surface area contributed by atoms with Crippen molar-refractivity contribution in [3.63, 3.8) is 0 Å². The zero-order chi connectivity index (χ0) is 18.9. The molecule has 0 heterocycles. The number of anilines is 2. The van der Waals surface area contributed by atoms with Crippen molar-refractivity contribution in [3.8, 4) is 0 Å². The number of hydrogen-bond acceptors (Lipinski definition) is 3. The molecule has 26 heavy (non-hydrogen) atoms. The van der Waals surface area contributed by atoms with Crippen LogP contribution in [0.25, 0.3) is 0 Å². The number of benzene rings is 2. The summed E-state index contributed by atoms with van der Waals surface area (Å²) in [5.41, 5.74) is 0.337. The van der Waals surface area contributed by atoms with Crippen molar-refractivity contribution in [1.82, 2.24) is 0 Å². The van der Waals surface area contributed by atoms with Crippen LogP contribution < -0.4 is 10.6 Å². The minimum absolute atomic E-state index is 0.0976. The molecule has 0 spiro atoms. The Morgan fingerprint density at radius 1 is 0.885 bits per heavy atom. The molecule has 1 saturated carbocycles. The lowest BCUT2D eigenvalue weighted by atomic mass is 10.0. The van der Waals surface area contributed by atoms with Gasteiger partial charge in [-0.1, -0.05) is 35.3 Å². The lowest BCUT2D eigenvalue weighted by Gasteiger charge is -2.16. The molecule has 2 aromatic carbocycles. The van der Waals surface area contributed by atoms with Crippen LogP contribution in [0.3, 0.4) is 0 Å². The summed E-state index contributed by atoms with van der Waals surface area (Å²) in [4.78, 5) is 36.7. The standard InChI is InChI=1S/C19H16Cl2N2O3/c1-11(24)12-3-2-4-13(9-12)22-17(25)19(7-8-19)18(26)23-14-5-6-15(20)16(21)10-14/h2-6,9-10H,7-8H2,1H3,(H,22,25)(H,23,26). The van der Waals surface area contributed by atoms with Gasteiger partial charge in [0, 0.05) is 16.9 Å². The van der Waals surface area contributed by atoms with Crippen LogP contribution in [0.1, 0.15) is 30.1 Å². The van der Waals surface area contributed by atoms with E-state index in [1.807, 2.05) is 0 Å². The number of ketones is 1. The molecule has 1 aliphatic carbocycles. The van der Waals surface area contributed by atoms with E-state index in [0.29, 0.717) is 39.8 Å². The largest absolute Gasteiger partial charge is 0.325 e. The highest BCUT2D eigenvalue weighted by atomic mass is 35.5. The van der Waals surface area contributed by atoms with E-state index in [2.05, 4.69) is 10.6 Å². The molecule has 0 unspecified atom stereocenters. The van der Waals surface area contributed by atoms with Gasteiger partial charge in [0.1, 0.15) is 5.41 Å². The first-order chi connectivity index (χ1) is 12.3. The fourth-order valence-electron chi connectivity index (χ4n) is 2.57. The molecule has 0 radical (unpaired) electrons. The predicted molar refractivity (Wildman–Crippen MR) is 102 cm³/mol. The van der Waals surface area contributed by atoms with Gasteiger partial charge in [-0.2, -0.15) is 0 Å². The molecule has 2 amide bonds. The molecule has 2 N–H and O–H groups in total. The fraction of sp³-hybridized carbons (Fsp3) is 0.211. The van der Waals surface area contributed by atoms with E-state index < -0.39 is 17.2 Å². The minimum atomic E-state index is -1.11. The van der Waals surface area contributed by atoms with Gasteiger partial charge in [0.25, 0.3) is 0 Å². The number of amides is 2. The highest BCUT2D eigenvalue weighted by Crippen LogP contribution is 2.47. The summed E-state index contributed by atoms with van der Waals surface area (Å²) in [7, 11) is 0. The fourth-order valence-corrected chi connectivity index (χ4v) is 2.87. The summed E-state index contributed by atoms with van der Waals surface area (Å²) in [5.74, 6) is -0.883. The van der Waals surface area contributed by atoms with E-state index in [1.165, 1.54) is 13.0 Å². The highest BCUT2D eigenvalue weighted by Gasteiger charge is 2.56. The van der Waals surface area contributed by atoms with E-state index in [4.69, 9.17) is 23.2 Å². The topological polar surface area (TPSA) is 75.3 Å². The van der Waals surface area contributed by atoms with Crippen molar-refractivity contribution in [2.24, 2.45) is 5.41 Å². The number of Topliss-reactive ketones (excluding diaryl/α,β-unsaturated/α-hetero) is 1. The summed E-state index contributed by atoms with van der Waals surface area (Å²) in [6.07, 6.45) is 0.913. The van der Waals surface area contributed by atoms with Crippen LogP contribution >= 0.6 is 23.2 Å². The van der Waals surface area contributed by atoms with Gasteiger partial charge in [-0.3, -0.25) is 14.4 Å². The molecule has 2 aromatic rings. The van der Waals surface area contributed by atoms with Gasteiger partial charge in [-0.05, 0) is 50.1 Å². The molecule has 5 nitrogen and oxygen atoms in total. The summed E-state index contributed by atoms with van der Waals surface area (Å²) in [6.45, 7) is 1.45. The number of carbonyl (C=O) groups excluding carboxylic acids is 3. The van der Waals surface area contributed by atoms with E-state index in [0.717, 1.165) is 0 Å². The van der Waals surface area contributed by atoms with Crippen LogP contribution in [-0.4, -0.2) is 17.6 Å². The van der Waals surface area contributed by atoms with E-state index in [-0.39, 0.29) is 5.78 Å². The molecule has 0 atom stereocenters. The Bertz CT molecular complexity index is 907. The van der Waals surface area contributed by atoms with Crippen molar-refractivity contribution in [2.75, 3.05) is 10.6 Å². The van der Waals surface area contributed by atoms with Crippen molar-refractivity contribution in [2.45, 2.75) is 19.8 Å². The van der Waals surface area contributed by atoms with Gasteiger partial charge in [-0.15, -0.1) is 0 Å². The van der Waals surface area contributed by atoms with Gasteiger partial charge in [0.05, 0.1) is 10.0 Å². The maximum Gasteiger partial charge on any atom is 0.240 e. The van der Waals surface area contributed by atoms with Crippen molar-refractivity contribution >= 4 is 52.2 Å². The Kier molecular flexibility index (Phi) is 5.03. The smallest absolute Gasteiger partial charge is 0.240 e. The first-order valence-corrected chi connectivity index (χ1v) is 8.76. The van der Waals surface area contributed by atoms with Crippen LogP contribution in [0.15, 0.2) is 42.5 Å². The van der Waals surface area contributed by atoms with Crippen molar-refractivity contribution in [1.29, 1.82) is 0 Å². The lowest BCUT2D eigenvalue weighted by molar-refractivity contribution is -0.131. The van der Waals surface area contributed by atoms with E-state index in [9.17, 15) is 14.4 Å². The molecule has 3 rings (SSSR count). The maximum atomic E-state index is 12.6. The monoisotopic (exact) mass is 390 g/mol. The Morgan fingerprint density at radius 3 is 2.04 bits per heavy atom. The van der Waals surface area contributed by atoms with Crippen LogP contribution in [0.2, 0.25) is 10.0 Å². The molecule has 1 fully saturated rings. The normalized spacial score (nSPS) is 14.4. The van der Waals surface area contributed by atoms with Gasteiger partial charge < -0.3 is 10.6 Å². The molecule has 0 bridgehead atoms. The van der Waals surface area contributed by atoms with Crippen LogP contribution in [0.5, 0.6) is 0 Å². The van der Waals surface area contributed by atoms with Crippen LogP contribution in [-0.2, 0) is 9.59 Å². The van der Waals surface area contributed by atoms with Gasteiger partial charge in [0.15, 0.2) is 5.78 Å². The Hall–Kier alpha value is -2.37. The predicted octanol–water partition coefficient (Wildman–Crippen LogP) is 4.55. The summed E-state index contributed by atoms with van der Waals surface area (Å²) >= 11 is 11.8. The first-order valence-electron chi connectivity index (χ1n) is 8.01. The number of rotatable bonds is 5. The number of carbonyl (C=O) groups is 3. The second-order valence-corrected chi connectivity index (χ2v) is 7.07. The minimum Gasteiger partial charge on any atom is -0.325 e. The number of halogens is 2. The lowest BCUT2D eigenvalue weighted by Crippen LogP contribution is -2.35. The van der Waals surface area contributed by atoms with Gasteiger partial charge >= 0.3 is 0 Å². The Balaban J connectivity index is 1.72. The molecule has 134 valence electrons. The summed E-state index contributed by atoms with van der Waals surface area (Å²) in [6, 6.07) is 11.4. The second kappa shape index (κ2) is 7.09. The highest BCUT2D eigenvalue weighted by molar-refractivity contribution is 6.42. The quantitative estimate of drug-likeness (QED) is 0.580. The van der Waals surface area contributed by atoms with Crippen LogP contribution in [0, 0.1) is 5.41 Å². The molecular formula is C19H16Cl2N2O3. The van der Waals surface area contributed by atoms with Gasteiger partial charge in [-0.25, -0.2) is 0 Å². The zero-order valence-corrected chi connectivity index (χ0v) is 15.4. The summed E-state index contributed by atoms with van der Waals surface area (Å²) < 4.78 is 0. The molecular weight excluding hydrogens is 375 g/mol. The third-order valence-electron chi connectivity index (χ3n) is 4.32. The first kappa shape index (κ1) is 18.4. The number of hydrogen-bond donors (Lipinski definition) is 2. The molecule has 0 aromatic heterocycles. The molecule has 1 aliphatic rings. The van der Waals surface area contributed by atoms with Gasteiger partial charge in [0.2, 0.25) is 11.8 Å². The zero-order valence-electron chi connectivity index (χ0n) is 13.9. The van der Waals surface area contributed by atoms with Crippen LogP contribution in [0.4, 0.5) is 11.4 Å². The molecule has 0 saturated heterocycles. The number of nitrogens with one attached hydrogen (secondary N) is 2. The SMILES string of the molecule is CC(=O)c1cccc(NC(=O)C2(C(=O)Nc3ccc(Cl)c(Cl)c3)CC2)c1. The maximum absolute atomic E-state index is 12.6. The second-order valence-electron chi connectivity index (χ2n) is 6.26. The summed E-state index contributed by atoms with van der Waals surface area (Å²) in [5, 5.41) is 6.14. The average molecular weight is 391 g/mol. The average Bonchev–Trinajstić information content (AvgIpc) is 3.40. The van der Waals surface area contributed by atoms with Crippen molar-refractivity contribution in [3.05, 3.63) is 58.1 Å². The third kappa shape index (κ3) is 3.74. The Labute approximate surface area is 160 Å². The van der Waals surface area contributed by atoms with E-state index in [1.54, 1.807) is 36.4 Å². The Morgan fingerprint density at radius 2 is 1.50 bits per heavy atom.